The highest BCUT2D eigenvalue weighted by molar-refractivity contribution is 5.85. The van der Waals surface area contributed by atoms with Gasteiger partial charge < -0.3 is 5.21 Å². The van der Waals surface area contributed by atoms with E-state index < -0.39 is 0 Å². The lowest BCUT2D eigenvalue weighted by Gasteiger charge is -2.15. The number of fused-ring (bicyclic) bond motifs is 1. The molecular formula is C14H23ClN6O. The Hall–Kier alpha value is -1.95. The summed E-state index contributed by atoms with van der Waals surface area (Å²) < 4.78 is 0. The summed E-state index contributed by atoms with van der Waals surface area (Å²) in [4.78, 5) is 10.9. The van der Waals surface area contributed by atoms with Crippen LogP contribution in [-0.2, 0) is 0 Å². The van der Waals surface area contributed by atoms with Gasteiger partial charge >= 0.3 is 0 Å². The molecule has 0 aliphatic carbocycles. The lowest BCUT2D eigenvalue weighted by atomic mass is 10.3. The fraction of sp³-hybridized carbons (Fsp3) is 0.500. The van der Waals surface area contributed by atoms with Crippen molar-refractivity contribution in [1.82, 2.24) is 20.1 Å². The molecule has 0 bridgehead atoms. The van der Waals surface area contributed by atoms with Crippen molar-refractivity contribution in [2.45, 2.75) is 26.4 Å². The molecule has 22 heavy (non-hydrogen) atoms. The molecule has 0 saturated heterocycles. The molecule has 0 fully saturated rings. The topological polar surface area (TPSA) is 78.9 Å². The summed E-state index contributed by atoms with van der Waals surface area (Å²) in [5, 5.41) is 16.1. The Labute approximate surface area is 136 Å². The Morgan fingerprint density at radius 2 is 2.00 bits per heavy atom. The van der Waals surface area contributed by atoms with Crippen LogP contribution in [0.15, 0.2) is 34.3 Å². The van der Waals surface area contributed by atoms with E-state index in [9.17, 15) is 0 Å². The summed E-state index contributed by atoms with van der Waals surface area (Å²) in [6.45, 7) is 4.83. The number of hydrogen-bond donors (Lipinski definition) is 1. The van der Waals surface area contributed by atoms with Gasteiger partial charge in [-0.3, -0.25) is 4.90 Å². The van der Waals surface area contributed by atoms with E-state index in [0.717, 1.165) is 17.8 Å². The summed E-state index contributed by atoms with van der Waals surface area (Å²) in [5.41, 5.74) is 1.33. The zero-order chi connectivity index (χ0) is 15.7. The van der Waals surface area contributed by atoms with Gasteiger partial charge in [-0.1, -0.05) is 23.9 Å². The first-order valence-corrected chi connectivity index (χ1v) is 6.87. The summed E-state index contributed by atoms with van der Waals surface area (Å²) in [5.74, 6) is 0. The van der Waals surface area contributed by atoms with Crippen LogP contribution in [-0.4, -0.2) is 58.1 Å². The maximum Gasteiger partial charge on any atom is 0.130 e. The van der Waals surface area contributed by atoms with Gasteiger partial charge in [-0.2, -0.15) is 0 Å². The lowest BCUT2D eigenvalue weighted by molar-refractivity contribution is 0.155. The minimum atomic E-state index is 0. The largest absolute Gasteiger partial charge is 0.410 e. The van der Waals surface area contributed by atoms with E-state index in [1.807, 2.05) is 33.2 Å². The van der Waals surface area contributed by atoms with Crippen molar-refractivity contribution in [3.63, 3.8) is 0 Å². The highest BCUT2D eigenvalue weighted by Gasteiger charge is 2.03. The normalized spacial score (nSPS) is 11.0. The molecule has 122 valence electrons. The summed E-state index contributed by atoms with van der Waals surface area (Å²) >= 11 is 0. The second-order valence-electron chi connectivity index (χ2n) is 4.52. The van der Waals surface area contributed by atoms with Crippen molar-refractivity contribution in [1.29, 1.82) is 0 Å². The molecule has 1 heterocycles. The van der Waals surface area contributed by atoms with E-state index in [-0.39, 0.29) is 18.6 Å². The van der Waals surface area contributed by atoms with Gasteiger partial charge in [0.05, 0.1) is 6.01 Å². The molecule has 0 amide bonds. The number of para-hydroxylation sites is 1. The average Bonchev–Trinajstić information content (AvgIpc) is 2.86. The van der Waals surface area contributed by atoms with Crippen molar-refractivity contribution < 1.29 is 5.21 Å². The van der Waals surface area contributed by atoms with Crippen LogP contribution < -0.4 is 0 Å². The minimum absolute atomic E-state index is 0. The van der Waals surface area contributed by atoms with Gasteiger partial charge in [0.1, 0.15) is 17.2 Å². The van der Waals surface area contributed by atoms with Gasteiger partial charge in [0.25, 0.3) is 0 Å². The lowest BCUT2D eigenvalue weighted by Crippen LogP contribution is -2.24. The Morgan fingerprint density at radius 1 is 1.32 bits per heavy atom. The van der Waals surface area contributed by atoms with Gasteiger partial charge in [0.15, 0.2) is 0 Å². The van der Waals surface area contributed by atoms with E-state index in [2.05, 4.69) is 38.1 Å². The van der Waals surface area contributed by atoms with Gasteiger partial charge in [-0.15, -0.1) is 17.5 Å². The molecule has 1 aromatic heterocycles. The molecular weight excluding hydrogens is 304 g/mol. The summed E-state index contributed by atoms with van der Waals surface area (Å²) in [7, 11) is 4.01. The van der Waals surface area contributed by atoms with Crippen LogP contribution in [0.25, 0.3) is 11.0 Å². The monoisotopic (exact) mass is 326 g/mol. The first-order valence-electron chi connectivity index (χ1n) is 6.87. The van der Waals surface area contributed by atoms with Crippen molar-refractivity contribution in [3.8, 4) is 0 Å². The highest BCUT2D eigenvalue weighted by Crippen LogP contribution is 2.06. The standard InChI is InChI=1S/C8H17N3.C6H5N3O.ClH/c1-5-8(11(3)4)10-7-9-6-2;10-9-6-4-2-1-3-5(6)7-8-9;/h8H,5-6H2,1-4H3;1-4,10H;1H. The molecule has 8 heteroatoms. The van der Waals surface area contributed by atoms with Gasteiger partial charge in [-0.05, 0) is 44.8 Å². The minimum Gasteiger partial charge on any atom is -0.410 e. The zero-order valence-electron chi connectivity index (χ0n) is 13.3. The molecule has 1 atom stereocenters. The van der Waals surface area contributed by atoms with Crippen LogP contribution in [0.5, 0.6) is 0 Å². The quantitative estimate of drug-likeness (QED) is 0.691. The van der Waals surface area contributed by atoms with Crippen molar-refractivity contribution in [2.75, 3.05) is 20.6 Å². The van der Waals surface area contributed by atoms with E-state index in [0.29, 0.717) is 11.0 Å². The third kappa shape index (κ3) is 6.22. The predicted molar refractivity (Wildman–Crippen MR) is 90.1 cm³/mol. The fourth-order valence-corrected chi connectivity index (χ4v) is 1.61. The van der Waals surface area contributed by atoms with E-state index in [4.69, 9.17) is 5.21 Å². The molecule has 7 nitrogen and oxygen atoms in total. The number of rotatable bonds is 4. The molecule has 0 spiro atoms. The van der Waals surface area contributed by atoms with Crippen LogP contribution in [0.2, 0.25) is 0 Å². The van der Waals surface area contributed by atoms with E-state index in [1.165, 1.54) is 0 Å². The molecule has 2 rings (SSSR count). The Morgan fingerprint density at radius 3 is 2.55 bits per heavy atom. The molecule has 0 aliphatic rings. The van der Waals surface area contributed by atoms with E-state index in [1.54, 1.807) is 12.1 Å². The first kappa shape index (κ1) is 20.1. The first-order chi connectivity index (χ1) is 10.1. The summed E-state index contributed by atoms with van der Waals surface area (Å²) in [6, 6.07) is 9.87. The number of halogens is 1. The molecule has 1 N–H and O–H groups in total. The second kappa shape index (κ2) is 10.7. The van der Waals surface area contributed by atoms with Crippen molar-refractivity contribution >= 4 is 29.4 Å². The van der Waals surface area contributed by atoms with Crippen LogP contribution in [0.3, 0.4) is 0 Å². The maximum absolute atomic E-state index is 8.95. The number of nitrogens with zero attached hydrogens (tertiary/aromatic N) is 6. The van der Waals surface area contributed by atoms with Crippen molar-refractivity contribution in [3.05, 3.63) is 24.3 Å². The molecule has 1 unspecified atom stereocenters. The zero-order valence-corrected chi connectivity index (χ0v) is 14.2. The molecule has 1 aromatic carbocycles. The fourth-order valence-electron chi connectivity index (χ4n) is 1.61. The van der Waals surface area contributed by atoms with Crippen LogP contribution in [0.1, 0.15) is 20.3 Å². The van der Waals surface area contributed by atoms with Crippen molar-refractivity contribution in [2.24, 2.45) is 9.98 Å². The molecule has 0 radical (unpaired) electrons. The van der Waals surface area contributed by atoms with Crippen LogP contribution >= 0.6 is 12.4 Å². The molecule has 0 aliphatic heterocycles. The Balaban J connectivity index is 0.000000383. The molecule has 2 aromatic rings. The number of aliphatic imine (C=N–C) groups is 2. The highest BCUT2D eigenvalue weighted by atomic mass is 35.5. The van der Waals surface area contributed by atoms with Gasteiger partial charge in [-0.25, -0.2) is 9.98 Å². The number of hydrogen-bond acceptors (Lipinski definition) is 6. The number of benzene rings is 1. The second-order valence-corrected chi connectivity index (χ2v) is 4.52. The van der Waals surface area contributed by atoms with Gasteiger partial charge in [0, 0.05) is 6.54 Å². The molecule has 0 saturated carbocycles. The van der Waals surface area contributed by atoms with Gasteiger partial charge in [0.2, 0.25) is 0 Å². The summed E-state index contributed by atoms with van der Waals surface area (Å²) in [6.07, 6.45) is 1.23. The average molecular weight is 327 g/mol. The van der Waals surface area contributed by atoms with Crippen LogP contribution in [0.4, 0.5) is 0 Å². The number of aromatic nitrogens is 3. The smallest absolute Gasteiger partial charge is 0.130 e. The predicted octanol–water partition coefficient (Wildman–Crippen LogP) is 2.57. The Kier molecular flexibility index (Phi) is 9.78. The SMILES string of the molecule is CCN=C=NC(CC)N(C)C.Cl.On1nnc2ccccc21. The maximum atomic E-state index is 8.95. The van der Waals surface area contributed by atoms with E-state index >= 15 is 0 Å². The third-order valence-electron chi connectivity index (χ3n) is 2.73. The van der Waals surface area contributed by atoms with Crippen LogP contribution in [0, 0.1) is 0 Å². The third-order valence-corrected chi connectivity index (χ3v) is 2.73. The Bertz CT molecular complexity index is 606.